The van der Waals surface area contributed by atoms with Crippen LogP contribution in [0.5, 0.6) is 11.5 Å². The smallest absolute Gasteiger partial charge is 0.340 e. The molecule has 7 nitrogen and oxygen atoms in total. The van der Waals surface area contributed by atoms with Gasteiger partial charge >= 0.3 is 5.97 Å². The maximum absolute atomic E-state index is 12.8. The molecule has 2 aromatic carbocycles. The van der Waals surface area contributed by atoms with E-state index in [9.17, 15) is 9.59 Å². The SMILES string of the molecule is Cc1cc(C(=O)COC(=O)c2cc(Cl)cc(Cl)c2N)c(C)n1C[C@H]1COc2ccccc2O1. The number of carbonyl (C=O) groups is 2. The van der Waals surface area contributed by atoms with E-state index >= 15 is 0 Å². The van der Waals surface area contributed by atoms with Crippen LogP contribution >= 0.6 is 23.2 Å². The topological polar surface area (TPSA) is 92.8 Å². The number of ketones is 1. The highest BCUT2D eigenvalue weighted by molar-refractivity contribution is 6.37. The number of fused-ring (bicyclic) bond motifs is 1. The molecule has 0 unspecified atom stereocenters. The number of benzene rings is 2. The maximum Gasteiger partial charge on any atom is 0.340 e. The van der Waals surface area contributed by atoms with Gasteiger partial charge in [-0.1, -0.05) is 35.3 Å². The van der Waals surface area contributed by atoms with Gasteiger partial charge in [-0.25, -0.2) is 4.79 Å². The second-order valence-corrected chi connectivity index (χ2v) is 8.58. The normalized spacial score (nSPS) is 14.7. The van der Waals surface area contributed by atoms with Gasteiger partial charge in [0.15, 0.2) is 24.2 Å². The van der Waals surface area contributed by atoms with Gasteiger partial charge in [-0.15, -0.1) is 0 Å². The minimum absolute atomic E-state index is 0.0144. The molecule has 1 aliphatic rings. The number of para-hydroxylation sites is 2. The molecule has 33 heavy (non-hydrogen) atoms. The van der Waals surface area contributed by atoms with Crippen molar-refractivity contribution >= 4 is 40.6 Å². The van der Waals surface area contributed by atoms with E-state index in [0.717, 1.165) is 11.4 Å². The second kappa shape index (κ2) is 9.37. The zero-order valence-corrected chi connectivity index (χ0v) is 19.6. The summed E-state index contributed by atoms with van der Waals surface area (Å²) in [7, 11) is 0. The highest BCUT2D eigenvalue weighted by atomic mass is 35.5. The molecule has 4 rings (SSSR count). The highest BCUT2D eigenvalue weighted by Gasteiger charge is 2.24. The monoisotopic (exact) mass is 488 g/mol. The number of ether oxygens (including phenoxy) is 3. The average Bonchev–Trinajstić information content (AvgIpc) is 3.08. The number of nitrogens with zero attached hydrogens (tertiary/aromatic N) is 1. The summed E-state index contributed by atoms with van der Waals surface area (Å²) in [5, 5.41) is 0.383. The summed E-state index contributed by atoms with van der Waals surface area (Å²) in [6, 6.07) is 12.1. The molecule has 0 radical (unpaired) electrons. The number of halogens is 2. The lowest BCUT2D eigenvalue weighted by atomic mass is 10.1. The largest absolute Gasteiger partial charge is 0.486 e. The molecule has 0 spiro atoms. The van der Waals surface area contributed by atoms with Crippen LogP contribution < -0.4 is 15.2 Å². The maximum atomic E-state index is 12.8. The lowest BCUT2D eigenvalue weighted by molar-refractivity contribution is 0.0475. The number of rotatable bonds is 6. The molecule has 1 atom stereocenters. The number of anilines is 1. The van der Waals surface area contributed by atoms with Crippen LogP contribution in [0.3, 0.4) is 0 Å². The highest BCUT2D eigenvalue weighted by Crippen LogP contribution is 2.32. The van der Waals surface area contributed by atoms with Crippen molar-refractivity contribution < 1.29 is 23.8 Å². The van der Waals surface area contributed by atoms with Crippen LogP contribution in [0.2, 0.25) is 10.0 Å². The molecular weight excluding hydrogens is 467 g/mol. The van der Waals surface area contributed by atoms with Gasteiger partial charge in [0.1, 0.15) is 6.61 Å². The number of nitrogen functional groups attached to an aromatic ring is 1. The lowest BCUT2D eigenvalue weighted by Crippen LogP contribution is -2.33. The van der Waals surface area contributed by atoms with E-state index in [1.165, 1.54) is 12.1 Å². The van der Waals surface area contributed by atoms with Crippen LogP contribution in [0, 0.1) is 13.8 Å². The van der Waals surface area contributed by atoms with Crippen molar-refractivity contribution in [1.29, 1.82) is 0 Å². The molecule has 2 N–H and O–H groups in total. The molecule has 172 valence electrons. The van der Waals surface area contributed by atoms with E-state index in [0.29, 0.717) is 30.2 Å². The number of hydrogen-bond donors (Lipinski definition) is 1. The number of nitrogens with two attached hydrogens (primary N) is 1. The molecule has 9 heteroatoms. The van der Waals surface area contributed by atoms with Crippen molar-refractivity contribution in [3.05, 3.63) is 75.0 Å². The van der Waals surface area contributed by atoms with Crippen LogP contribution in [0.1, 0.15) is 32.1 Å². The van der Waals surface area contributed by atoms with Crippen LogP contribution in [0.4, 0.5) is 5.69 Å². The van der Waals surface area contributed by atoms with Crippen molar-refractivity contribution in [2.75, 3.05) is 18.9 Å². The Morgan fingerprint density at radius 3 is 2.61 bits per heavy atom. The molecule has 1 aromatic heterocycles. The Labute approximate surface area is 200 Å². The summed E-state index contributed by atoms with van der Waals surface area (Å²) in [5.74, 6) is 0.305. The minimum atomic E-state index is -0.773. The van der Waals surface area contributed by atoms with Crippen molar-refractivity contribution in [2.45, 2.75) is 26.5 Å². The predicted octanol–water partition coefficient (Wildman–Crippen LogP) is 4.87. The summed E-state index contributed by atoms with van der Waals surface area (Å²) >= 11 is 11.9. The molecule has 0 saturated carbocycles. The Hall–Kier alpha value is -3.16. The van der Waals surface area contributed by atoms with Gasteiger partial charge in [-0.3, -0.25) is 4.79 Å². The van der Waals surface area contributed by atoms with Crippen molar-refractivity contribution in [3.63, 3.8) is 0 Å². The van der Waals surface area contributed by atoms with Crippen LogP contribution in [-0.4, -0.2) is 35.6 Å². The van der Waals surface area contributed by atoms with E-state index in [2.05, 4.69) is 0 Å². The molecule has 3 aromatic rings. The summed E-state index contributed by atoms with van der Waals surface area (Å²) < 4.78 is 19.0. The molecule has 0 amide bonds. The molecule has 1 aliphatic heterocycles. The molecule has 0 fully saturated rings. The zero-order valence-electron chi connectivity index (χ0n) is 18.1. The van der Waals surface area contributed by atoms with Gasteiger partial charge in [0.2, 0.25) is 5.78 Å². The van der Waals surface area contributed by atoms with Crippen molar-refractivity contribution in [3.8, 4) is 11.5 Å². The van der Waals surface area contributed by atoms with E-state index in [-0.39, 0.29) is 33.2 Å². The number of aromatic nitrogens is 1. The quantitative estimate of drug-likeness (QED) is 0.302. The van der Waals surface area contributed by atoms with Crippen LogP contribution in [0.15, 0.2) is 42.5 Å². The molecule has 0 saturated heterocycles. The fourth-order valence-corrected chi connectivity index (χ4v) is 4.25. The third-order valence-electron chi connectivity index (χ3n) is 5.48. The summed E-state index contributed by atoms with van der Waals surface area (Å²) in [6.07, 6.45) is -0.207. The van der Waals surface area contributed by atoms with E-state index in [4.69, 9.17) is 43.1 Å². The Balaban J connectivity index is 1.43. The average molecular weight is 489 g/mol. The van der Waals surface area contributed by atoms with Crippen LogP contribution in [0.25, 0.3) is 0 Å². The Kier molecular flexibility index (Phi) is 6.54. The molecular formula is C24H22Cl2N2O5. The number of esters is 1. The summed E-state index contributed by atoms with van der Waals surface area (Å²) in [4.78, 5) is 25.2. The van der Waals surface area contributed by atoms with Gasteiger partial charge in [0.25, 0.3) is 0 Å². The third kappa shape index (κ3) is 4.79. The van der Waals surface area contributed by atoms with E-state index in [1.54, 1.807) is 6.07 Å². The van der Waals surface area contributed by atoms with Crippen molar-refractivity contribution in [1.82, 2.24) is 4.57 Å². The Morgan fingerprint density at radius 2 is 1.85 bits per heavy atom. The fraction of sp³-hybridized carbons (Fsp3) is 0.250. The van der Waals surface area contributed by atoms with Gasteiger partial charge < -0.3 is 24.5 Å². The first-order valence-electron chi connectivity index (χ1n) is 10.2. The first-order valence-corrected chi connectivity index (χ1v) is 11.0. The van der Waals surface area contributed by atoms with Crippen LogP contribution in [-0.2, 0) is 11.3 Å². The molecule has 0 aliphatic carbocycles. The minimum Gasteiger partial charge on any atom is -0.486 e. The molecule has 2 heterocycles. The number of hydrogen-bond acceptors (Lipinski definition) is 6. The summed E-state index contributed by atoms with van der Waals surface area (Å²) in [6.45, 7) is 4.22. The van der Waals surface area contributed by atoms with Gasteiger partial charge in [0, 0.05) is 22.0 Å². The third-order valence-corrected chi connectivity index (χ3v) is 6.01. The lowest BCUT2D eigenvalue weighted by Gasteiger charge is -2.27. The van der Waals surface area contributed by atoms with E-state index < -0.39 is 12.6 Å². The summed E-state index contributed by atoms with van der Waals surface area (Å²) in [5.41, 5.74) is 8.00. The zero-order chi connectivity index (χ0) is 23.7. The van der Waals surface area contributed by atoms with Crippen molar-refractivity contribution in [2.24, 2.45) is 0 Å². The standard InChI is InChI=1S/C24H22Cl2N2O5/c1-13-7-17(20(29)12-32-24(30)18-8-15(25)9-19(26)23(18)27)14(2)28(13)10-16-11-31-21-5-3-4-6-22(21)33-16/h3-9,16H,10-12,27H2,1-2H3/t16-/m0/s1. The fourth-order valence-electron chi connectivity index (χ4n) is 3.76. The number of carbonyl (C=O) groups excluding carboxylic acids is 2. The predicted molar refractivity (Wildman–Crippen MR) is 126 cm³/mol. The van der Waals surface area contributed by atoms with Gasteiger partial charge in [-0.05, 0) is 44.2 Å². The van der Waals surface area contributed by atoms with E-state index in [1.807, 2.05) is 42.7 Å². The second-order valence-electron chi connectivity index (χ2n) is 7.74. The Morgan fingerprint density at radius 1 is 1.12 bits per heavy atom. The number of Topliss-reactive ketones (excluding diaryl/α,β-unsaturated/α-hetero) is 1. The Bertz CT molecular complexity index is 1240. The first-order chi connectivity index (χ1) is 15.7. The first kappa shape index (κ1) is 23.0. The molecule has 0 bridgehead atoms. The number of aryl methyl sites for hydroxylation is 1. The van der Waals surface area contributed by atoms with Gasteiger partial charge in [-0.2, -0.15) is 0 Å². The van der Waals surface area contributed by atoms with Gasteiger partial charge in [0.05, 0.1) is 22.8 Å².